The molecule has 0 rings (SSSR count). The lowest BCUT2D eigenvalue weighted by atomic mass is 10.2. The minimum absolute atomic E-state index is 0.282. The normalized spacial score (nSPS) is 13.7. The van der Waals surface area contributed by atoms with Crippen molar-refractivity contribution in [2.45, 2.75) is 39.3 Å². The molecule has 0 aromatic heterocycles. The largest absolute Gasteiger partial charge is 0.379 e. The van der Waals surface area contributed by atoms with E-state index in [1.54, 1.807) is 0 Å². The van der Waals surface area contributed by atoms with Crippen molar-refractivity contribution < 1.29 is 5.11 Å². The Bertz CT molecular complexity index is 56.9. The van der Waals surface area contributed by atoms with Gasteiger partial charge in [-0.25, -0.2) is 0 Å². The Morgan fingerprint density at radius 1 is 1.44 bits per heavy atom. The van der Waals surface area contributed by atoms with Crippen LogP contribution in [0.4, 0.5) is 0 Å². The van der Waals surface area contributed by atoms with Crippen LogP contribution in [0, 0.1) is 0 Å². The van der Waals surface area contributed by atoms with Crippen molar-refractivity contribution in [3.05, 3.63) is 0 Å². The van der Waals surface area contributed by atoms with Crippen molar-refractivity contribution in [3.8, 4) is 0 Å². The second-order valence-electron chi connectivity index (χ2n) is 2.22. The molecule has 0 amide bonds. The Kier molecular flexibility index (Phi) is 5.99. The number of hydrogen-bond acceptors (Lipinski definition) is 2. The fourth-order valence-electron chi connectivity index (χ4n) is 0.735. The number of aliphatic hydroxyl groups excluding tert-OH is 1. The predicted octanol–water partition coefficient (Wildman–Crippen LogP) is 1.10. The van der Waals surface area contributed by atoms with Gasteiger partial charge >= 0.3 is 0 Å². The Hall–Kier alpha value is -0.0800. The molecule has 0 bridgehead atoms. The molecule has 2 heteroatoms. The van der Waals surface area contributed by atoms with Crippen LogP contribution in [0.1, 0.15) is 33.1 Å². The monoisotopic (exact) mass is 131 g/mol. The van der Waals surface area contributed by atoms with Gasteiger partial charge in [0.2, 0.25) is 0 Å². The summed E-state index contributed by atoms with van der Waals surface area (Å²) in [5, 5.41) is 12.0. The average Bonchev–Trinajstić information content (AvgIpc) is 1.85. The van der Waals surface area contributed by atoms with Crippen LogP contribution in [0.5, 0.6) is 0 Å². The molecule has 0 heterocycles. The van der Waals surface area contributed by atoms with E-state index in [0.29, 0.717) is 0 Å². The molecule has 2 N–H and O–H groups in total. The molecular weight excluding hydrogens is 114 g/mol. The van der Waals surface area contributed by atoms with Crippen LogP contribution in [0.15, 0.2) is 0 Å². The maximum Gasteiger partial charge on any atom is 0.104 e. The molecule has 56 valence electrons. The summed E-state index contributed by atoms with van der Waals surface area (Å²) in [6.07, 6.45) is 2.86. The highest BCUT2D eigenvalue weighted by Crippen LogP contribution is 1.96. The van der Waals surface area contributed by atoms with Gasteiger partial charge in [-0.05, 0) is 19.4 Å². The molecule has 0 saturated carbocycles. The number of rotatable bonds is 5. The minimum Gasteiger partial charge on any atom is -0.379 e. The fourth-order valence-corrected chi connectivity index (χ4v) is 0.735. The van der Waals surface area contributed by atoms with Gasteiger partial charge in [0.25, 0.3) is 0 Å². The first-order valence-corrected chi connectivity index (χ1v) is 3.72. The van der Waals surface area contributed by atoms with Crippen molar-refractivity contribution in [3.63, 3.8) is 0 Å². The van der Waals surface area contributed by atoms with E-state index in [9.17, 15) is 0 Å². The Morgan fingerprint density at radius 2 is 2.11 bits per heavy atom. The number of nitrogens with one attached hydrogen (secondary N) is 1. The van der Waals surface area contributed by atoms with E-state index >= 15 is 0 Å². The molecule has 2 nitrogen and oxygen atoms in total. The van der Waals surface area contributed by atoms with Crippen LogP contribution in [-0.4, -0.2) is 17.9 Å². The van der Waals surface area contributed by atoms with Gasteiger partial charge in [0.05, 0.1) is 0 Å². The third-order valence-corrected chi connectivity index (χ3v) is 1.27. The first kappa shape index (κ1) is 8.92. The van der Waals surface area contributed by atoms with Gasteiger partial charge in [0, 0.05) is 0 Å². The molecule has 0 aliphatic rings. The molecule has 0 radical (unpaired) electrons. The smallest absolute Gasteiger partial charge is 0.104 e. The number of hydrogen-bond donors (Lipinski definition) is 2. The molecule has 0 spiro atoms. The van der Waals surface area contributed by atoms with Crippen molar-refractivity contribution in [2.75, 3.05) is 6.54 Å². The quantitative estimate of drug-likeness (QED) is 0.548. The molecule has 1 atom stereocenters. The SMILES string of the molecule is CCCC[C@@H](O)NCC. The standard InChI is InChI=1S/C7H17NO/c1-3-5-6-7(9)8-4-2/h7-9H,3-6H2,1-2H3/t7-/m1/s1. The van der Waals surface area contributed by atoms with Crippen LogP contribution in [0.2, 0.25) is 0 Å². The molecule has 0 fully saturated rings. The van der Waals surface area contributed by atoms with Crippen LogP contribution < -0.4 is 5.32 Å². The zero-order chi connectivity index (χ0) is 7.11. The number of aliphatic hydroxyl groups is 1. The third kappa shape index (κ3) is 5.80. The summed E-state index contributed by atoms with van der Waals surface area (Å²) in [4.78, 5) is 0. The van der Waals surface area contributed by atoms with Crippen molar-refractivity contribution in [1.29, 1.82) is 0 Å². The maximum atomic E-state index is 9.07. The van der Waals surface area contributed by atoms with Gasteiger partial charge in [-0.15, -0.1) is 0 Å². The van der Waals surface area contributed by atoms with Crippen LogP contribution in [0.25, 0.3) is 0 Å². The van der Waals surface area contributed by atoms with Crippen molar-refractivity contribution in [1.82, 2.24) is 5.32 Å². The van der Waals surface area contributed by atoms with Gasteiger partial charge in [0.1, 0.15) is 6.23 Å². The van der Waals surface area contributed by atoms with Crippen molar-refractivity contribution in [2.24, 2.45) is 0 Å². The molecule has 9 heavy (non-hydrogen) atoms. The van der Waals surface area contributed by atoms with Crippen LogP contribution in [-0.2, 0) is 0 Å². The molecule has 0 saturated heterocycles. The highest BCUT2D eigenvalue weighted by atomic mass is 16.3. The van der Waals surface area contributed by atoms with Crippen LogP contribution in [0.3, 0.4) is 0 Å². The lowest BCUT2D eigenvalue weighted by Gasteiger charge is -2.08. The Balaban J connectivity index is 2.95. The Labute approximate surface area is 57.3 Å². The van der Waals surface area contributed by atoms with Gasteiger partial charge in [0.15, 0.2) is 0 Å². The summed E-state index contributed by atoms with van der Waals surface area (Å²) in [6, 6.07) is 0. The minimum atomic E-state index is -0.282. The summed E-state index contributed by atoms with van der Waals surface area (Å²) < 4.78 is 0. The molecule has 0 aliphatic carbocycles. The molecule has 0 aliphatic heterocycles. The lowest BCUT2D eigenvalue weighted by Crippen LogP contribution is -2.27. The highest BCUT2D eigenvalue weighted by Gasteiger charge is 1.97. The van der Waals surface area contributed by atoms with E-state index in [-0.39, 0.29) is 6.23 Å². The van der Waals surface area contributed by atoms with Gasteiger partial charge in [-0.1, -0.05) is 20.3 Å². The first-order valence-electron chi connectivity index (χ1n) is 3.72. The highest BCUT2D eigenvalue weighted by molar-refractivity contribution is 4.49. The van der Waals surface area contributed by atoms with E-state index in [4.69, 9.17) is 5.11 Å². The van der Waals surface area contributed by atoms with E-state index in [0.717, 1.165) is 25.8 Å². The van der Waals surface area contributed by atoms with Gasteiger partial charge < -0.3 is 5.11 Å². The zero-order valence-corrected chi connectivity index (χ0v) is 6.35. The molecular formula is C7H17NO. The predicted molar refractivity (Wildman–Crippen MR) is 39.2 cm³/mol. The second-order valence-corrected chi connectivity index (χ2v) is 2.22. The third-order valence-electron chi connectivity index (χ3n) is 1.27. The summed E-state index contributed by atoms with van der Waals surface area (Å²) in [7, 11) is 0. The maximum absolute atomic E-state index is 9.07. The van der Waals surface area contributed by atoms with Crippen LogP contribution >= 0.6 is 0 Å². The lowest BCUT2D eigenvalue weighted by molar-refractivity contribution is 0.127. The zero-order valence-electron chi connectivity index (χ0n) is 6.35. The summed E-state index contributed by atoms with van der Waals surface area (Å²) in [5.74, 6) is 0. The van der Waals surface area contributed by atoms with Crippen molar-refractivity contribution >= 4 is 0 Å². The van der Waals surface area contributed by atoms with E-state index in [2.05, 4.69) is 12.2 Å². The summed E-state index contributed by atoms with van der Waals surface area (Å²) >= 11 is 0. The average molecular weight is 131 g/mol. The second kappa shape index (κ2) is 6.05. The topological polar surface area (TPSA) is 32.3 Å². The first-order chi connectivity index (χ1) is 4.31. The molecule has 0 unspecified atom stereocenters. The summed E-state index contributed by atoms with van der Waals surface area (Å²) in [5.41, 5.74) is 0. The van der Waals surface area contributed by atoms with E-state index < -0.39 is 0 Å². The fraction of sp³-hybridized carbons (Fsp3) is 1.00. The Morgan fingerprint density at radius 3 is 2.56 bits per heavy atom. The summed E-state index contributed by atoms with van der Waals surface area (Å²) in [6.45, 7) is 4.97. The van der Waals surface area contributed by atoms with E-state index in [1.165, 1.54) is 0 Å². The number of unbranched alkanes of at least 4 members (excludes halogenated alkanes) is 1. The van der Waals surface area contributed by atoms with E-state index in [1.807, 2.05) is 6.92 Å². The van der Waals surface area contributed by atoms with Gasteiger partial charge in [-0.3, -0.25) is 5.32 Å². The van der Waals surface area contributed by atoms with Gasteiger partial charge in [-0.2, -0.15) is 0 Å². The molecule has 0 aromatic carbocycles. The molecule has 0 aromatic rings.